The average molecular weight is 298 g/mol. The lowest BCUT2D eigenvalue weighted by Gasteiger charge is -2.27. The normalized spacial score (nSPS) is 16.1. The van der Waals surface area contributed by atoms with Gasteiger partial charge in [0.05, 0.1) is 5.56 Å². The first-order valence-electron chi connectivity index (χ1n) is 6.86. The number of halogens is 1. The summed E-state index contributed by atoms with van der Waals surface area (Å²) in [6, 6.07) is 4.89. The molecule has 5 nitrogen and oxygen atoms in total. The molecule has 0 bridgehead atoms. The number of nitrogens with zero attached hydrogens (tertiary/aromatic N) is 1. The summed E-state index contributed by atoms with van der Waals surface area (Å²) in [5, 5.41) is 16.1. The van der Waals surface area contributed by atoms with Crippen LogP contribution in [0.3, 0.4) is 0 Å². The van der Waals surface area contributed by atoms with Gasteiger partial charge in [0, 0.05) is 43.4 Å². The highest BCUT2D eigenvalue weighted by atomic mass is 35.5. The third-order valence-electron chi connectivity index (χ3n) is 3.39. The number of carboxylic acids is 1. The van der Waals surface area contributed by atoms with Crippen LogP contribution in [0.4, 0.5) is 5.69 Å². The van der Waals surface area contributed by atoms with Crippen LogP contribution >= 0.6 is 11.6 Å². The molecule has 1 aromatic rings. The molecule has 1 aromatic carbocycles. The molecule has 110 valence electrons. The first kappa shape index (κ1) is 15.1. The second-order valence-corrected chi connectivity index (χ2v) is 5.30. The number of hydrogen-bond acceptors (Lipinski definition) is 4. The number of benzene rings is 1. The van der Waals surface area contributed by atoms with E-state index in [9.17, 15) is 4.79 Å². The van der Waals surface area contributed by atoms with Gasteiger partial charge in [-0.05, 0) is 31.2 Å². The van der Waals surface area contributed by atoms with Crippen LogP contribution in [0.2, 0.25) is 5.02 Å². The van der Waals surface area contributed by atoms with Crippen LogP contribution in [0, 0.1) is 0 Å². The Bertz CT molecular complexity index is 462. The molecule has 0 amide bonds. The average Bonchev–Trinajstić information content (AvgIpc) is 2.45. The van der Waals surface area contributed by atoms with Gasteiger partial charge in [-0.3, -0.25) is 0 Å². The molecule has 0 aromatic heterocycles. The molecule has 20 heavy (non-hydrogen) atoms. The van der Waals surface area contributed by atoms with E-state index in [-0.39, 0.29) is 5.56 Å². The van der Waals surface area contributed by atoms with Gasteiger partial charge in [-0.15, -0.1) is 0 Å². The molecule has 1 saturated heterocycles. The van der Waals surface area contributed by atoms with E-state index in [1.807, 2.05) is 0 Å². The van der Waals surface area contributed by atoms with Gasteiger partial charge in [-0.25, -0.2) is 4.79 Å². The highest BCUT2D eigenvalue weighted by molar-refractivity contribution is 6.31. The van der Waals surface area contributed by atoms with E-state index in [2.05, 4.69) is 15.5 Å². The minimum atomic E-state index is -0.961. The van der Waals surface area contributed by atoms with Gasteiger partial charge >= 0.3 is 5.97 Å². The number of carboxylic acid groups (broad SMARTS) is 1. The fourth-order valence-electron chi connectivity index (χ4n) is 2.31. The van der Waals surface area contributed by atoms with E-state index in [1.165, 1.54) is 6.07 Å². The van der Waals surface area contributed by atoms with Crippen LogP contribution in [0.1, 0.15) is 16.8 Å². The zero-order chi connectivity index (χ0) is 14.4. The Kier molecular flexibility index (Phi) is 5.64. The van der Waals surface area contributed by atoms with Crippen LogP contribution in [-0.4, -0.2) is 55.2 Å². The fourth-order valence-corrected chi connectivity index (χ4v) is 2.48. The molecule has 0 unspecified atom stereocenters. The summed E-state index contributed by atoms with van der Waals surface area (Å²) < 4.78 is 0. The SMILES string of the molecule is O=C(O)c1cc(Cl)ccc1NCCCN1CCNCC1. The third-order valence-corrected chi connectivity index (χ3v) is 3.62. The van der Waals surface area contributed by atoms with Gasteiger partial charge in [0.2, 0.25) is 0 Å². The summed E-state index contributed by atoms with van der Waals surface area (Å²) in [5.41, 5.74) is 0.849. The fraction of sp³-hybridized carbons (Fsp3) is 0.500. The molecule has 6 heteroatoms. The van der Waals surface area contributed by atoms with Gasteiger partial charge in [-0.1, -0.05) is 11.6 Å². The van der Waals surface area contributed by atoms with Crippen molar-refractivity contribution >= 4 is 23.3 Å². The molecule has 1 heterocycles. The minimum Gasteiger partial charge on any atom is -0.478 e. The van der Waals surface area contributed by atoms with Crippen molar-refractivity contribution in [1.29, 1.82) is 0 Å². The van der Waals surface area contributed by atoms with Crippen molar-refractivity contribution in [1.82, 2.24) is 10.2 Å². The lowest BCUT2D eigenvalue weighted by atomic mass is 10.1. The van der Waals surface area contributed by atoms with Crippen LogP contribution in [-0.2, 0) is 0 Å². The quantitative estimate of drug-likeness (QED) is 0.698. The van der Waals surface area contributed by atoms with Crippen molar-refractivity contribution in [2.24, 2.45) is 0 Å². The Morgan fingerprint density at radius 1 is 1.40 bits per heavy atom. The van der Waals surface area contributed by atoms with E-state index >= 15 is 0 Å². The smallest absolute Gasteiger partial charge is 0.337 e. The first-order chi connectivity index (χ1) is 9.66. The van der Waals surface area contributed by atoms with Crippen LogP contribution < -0.4 is 10.6 Å². The predicted molar refractivity (Wildman–Crippen MR) is 80.8 cm³/mol. The van der Waals surface area contributed by atoms with Crippen LogP contribution in [0.25, 0.3) is 0 Å². The molecule has 1 fully saturated rings. The molecule has 0 spiro atoms. The summed E-state index contributed by atoms with van der Waals surface area (Å²) in [4.78, 5) is 13.6. The summed E-state index contributed by atoms with van der Waals surface area (Å²) >= 11 is 5.82. The summed E-state index contributed by atoms with van der Waals surface area (Å²) in [7, 11) is 0. The van der Waals surface area contributed by atoms with Gasteiger partial charge < -0.3 is 20.6 Å². The Labute approximate surface area is 123 Å². The number of nitrogens with one attached hydrogen (secondary N) is 2. The molecule has 0 radical (unpaired) electrons. The molecule has 3 N–H and O–H groups in total. The minimum absolute atomic E-state index is 0.222. The van der Waals surface area contributed by atoms with Gasteiger partial charge in [0.25, 0.3) is 0 Å². The van der Waals surface area contributed by atoms with Crippen molar-refractivity contribution in [3.05, 3.63) is 28.8 Å². The number of hydrogen-bond donors (Lipinski definition) is 3. The zero-order valence-corrected chi connectivity index (χ0v) is 12.1. The highest BCUT2D eigenvalue weighted by Gasteiger charge is 2.11. The van der Waals surface area contributed by atoms with E-state index in [0.717, 1.165) is 45.7 Å². The number of aromatic carboxylic acids is 1. The monoisotopic (exact) mass is 297 g/mol. The molecule has 1 aliphatic rings. The topological polar surface area (TPSA) is 64.6 Å². The second-order valence-electron chi connectivity index (χ2n) is 4.87. The van der Waals surface area contributed by atoms with E-state index < -0.39 is 5.97 Å². The van der Waals surface area contributed by atoms with Crippen LogP contribution in [0.5, 0.6) is 0 Å². The summed E-state index contributed by atoms with van der Waals surface area (Å²) in [6.45, 7) is 6.06. The molecular weight excluding hydrogens is 278 g/mol. The number of piperazine rings is 1. The van der Waals surface area contributed by atoms with Crippen LogP contribution in [0.15, 0.2) is 18.2 Å². The second kappa shape index (κ2) is 7.47. The number of anilines is 1. The third kappa shape index (κ3) is 4.37. The Morgan fingerprint density at radius 3 is 2.85 bits per heavy atom. The predicted octanol–water partition coefficient (Wildman–Crippen LogP) is 1.75. The Hall–Kier alpha value is -1.30. The standard InChI is InChI=1S/C14H20ClN3O2/c15-11-2-3-13(12(10-11)14(19)20)17-4-1-7-18-8-5-16-6-9-18/h2-3,10,16-17H,1,4-9H2,(H,19,20). The largest absolute Gasteiger partial charge is 0.478 e. The van der Waals surface area contributed by atoms with E-state index in [0.29, 0.717) is 10.7 Å². The highest BCUT2D eigenvalue weighted by Crippen LogP contribution is 2.20. The maximum absolute atomic E-state index is 11.1. The molecule has 1 aliphatic heterocycles. The molecule has 0 saturated carbocycles. The maximum atomic E-state index is 11.1. The molecule has 2 rings (SSSR count). The summed E-state index contributed by atoms with van der Waals surface area (Å²) in [6.07, 6.45) is 0.988. The molecular formula is C14H20ClN3O2. The van der Waals surface area contributed by atoms with Crippen molar-refractivity contribution in [3.8, 4) is 0 Å². The Balaban J connectivity index is 1.80. The van der Waals surface area contributed by atoms with Crippen molar-refractivity contribution in [2.45, 2.75) is 6.42 Å². The zero-order valence-electron chi connectivity index (χ0n) is 11.4. The van der Waals surface area contributed by atoms with Gasteiger partial charge in [0.15, 0.2) is 0 Å². The maximum Gasteiger partial charge on any atom is 0.337 e. The number of rotatable bonds is 6. The molecule has 0 aliphatic carbocycles. The van der Waals surface area contributed by atoms with E-state index in [1.54, 1.807) is 12.1 Å². The van der Waals surface area contributed by atoms with Gasteiger partial charge in [-0.2, -0.15) is 0 Å². The Morgan fingerprint density at radius 2 is 2.15 bits per heavy atom. The molecule has 0 atom stereocenters. The summed E-state index contributed by atoms with van der Waals surface area (Å²) in [5.74, 6) is -0.961. The van der Waals surface area contributed by atoms with Crippen molar-refractivity contribution in [3.63, 3.8) is 0 Å². The van der Waals surface area contributed by atoms with Crippen molar-refractivity contribution in [2.75, 3.05) is 44.6 Å². The van der Waals surface area contributed by atoms with E-state index in [4.69, 9.17) is 16.7 Å². The van der Waals surface area contributed by atoms with Gasteiger partial charge in [0.1, 0.15) is 0 Å². The van der Waals surface area contributed by atoms with Crippen molar-refractivity contribution < 1.29 is 9.90 Å². The number of carbonyl (C=O) groups is 1. The lowest BCUT2D eigenvalue weighted by Crippen LogP contribution is -2.44. The lowest BCUT2D eigenvalue weighted by molar-refractivity contribution is 0.0698. The first-order valence-corrected chi connectivity index (χ1v) is 7.24.